The van der Waals surface area contributed by atoms with Crippen LogP contribution in [0, 0.1) is 6.92 Å². The molecule has 0 radical (unpaired) electrons. The molecule has 126 valence electrons. The molecule has 1 aromatic carbocycles. The summed E-state index contributed by atoms with van der Waals surface area (Å²) in [5.74, 6) is -0.142. The molecule has 0 aliphatic heterocycles. The lowest BCUT2D eigenvalue weighted by Crippen LogP contribution is -2.30. The maximum absolute atomic E-state index is 14.5. The molecular weight excluding hydrogens is 411 g/mol. The molecule has 0 saturated carbocycles. The van der Waals surface area contributed by atoms with Crippen LogP contribution in [0.15, 0.2) is 57.7 Å². The van der Waals surface area contributed by atoms with E-state index in [1.807, 2.05) is 18.4 Å². The van der Waals surface area contributed by atoms with E-state index >= 15 is 0 Å². The number of aryl methyl sites for hydroxylation is 1. The van der Waals surface area contributed by atoms with E-state index in [2.05, 4.69) is 33.4 Å². The Hall–Kier alpha value is -1.24. The van der Waals surface area contributed by atoms with E-state index in [0.29, 0.717) is 0 Å². The summed E-state index contributed by atoms with van der Waals surface area (Å²) in [7, 11) is -3.83. The van der Waals surface area contributed by atoms with Crippen LogP contribution in [-0.2, 0) is 9.84 Å². The van der Waals surface area contributed by atoms with Gasteiger partial charge < -0.3 is 0 Å². The average molecular weight is 427 g/mol. The van der Waals surface area contributed by atoms with Crippen molar-refractivity contribution in [2.75, 3.05) is 6.26 Å². The lowest BCUT2D eigenvalue weighted by Gasteiger charge is -2.22. The van der Waals surface area contributed by atoms with Gasteiger partial charge in [-0.2, -0.15) is 11.3 Å². The number of allylic oxidation sites excluding steroid dienone is 2. The van der Waals surface area contributed by atoms with Gasteiger partial charge in [0.05, 0.1) is 0 Å². The summed E-state index contributed by atoms with van der Waals surface area (Å²) in [4.78, 5) is 0. The number of halogens is 2. The van der Waals surface area contributed by atoms with E-state index in [-0.39, 0.29) is 5.92 Å². The second-order valence-corrected chi connectivity index (χ2v) is 9.69. The summed E-state index contributed by atoms with van der Waals surface area (Å²) in [6.07, 6.45) is 6.42. The van der Waals surface area contributed by atoms with Crippen LogP contribution in [0.5, 0.6) is 0 Å². The van der Waals surface area contributed by atoms with Gasteiger partial charge in [0.25, 0.3) is 0 Å². The third-order valence-corrected chi connectivity index (χ3v) is 7.19. The molecule has 6 heteroatoms. The van der Waals surface area contributed by atoms with Gasteiger partial charge in [0.15, 0.2) is 9.84 Å². The first-order valence-electron chi connectivity index (χ1n) is 7.31. The van der Waals surface area contributed by atoms with Crippen LogP contribution < -0.4 is 0 Å². The van der Waals surface area contributed by atoms with Crippen LogP contribution >= 0.6 is 27.3 Å². The summed E-state index contributed by atoms with van der Waals surface area (Å²) in [6, 6.07) is 6.16. The highest BCUT2D eigenvalue weighted by molar-refractivity contribution is 9.10. The molecule has 0 amide bonds. The van der Waals surface area contributed by atoms with Gasteiger partial charge >= 0.3 is 0 Å². The van der Waals surface area contributed by atoms with Crippen molar-refractivity contribution >= 4 is 37.1 Å². The van der Waals surface area contributed by atoms with Crippen molar-refractivity contribution in [3.63, 3.8) is 0 Å². The summed E-state index contributed by atoms with van der Waals surface area (Å²) < 4.78 is 38.6. The molecule has 1 aliphatic rings. The molecule has 1 heterocycles. The van der Waals surface area contributed by atoms with Crippen LogP contribution in [0.4, 0.5) is 4.39 Å². The lowest BCUT2D eigenvalue weighted by molar-refractivity contribution is 0.391. The van der Waals surface area contributed by atoms with Gasteiger partial charge in [0.1, 0.15) is 0 Å². The first-order valence-corrected chi connectivity index (χ1v) is 10.9. The monoisotopic (exact) mass is 426 g/mol. The van der Waals surface area contributed by atoms with E-state index in [0.717, 1.165) is 45.1 Å². The minimum absolute atomic E-state index is 0.142. The molecule has 0 bridgehead atoms. The predicted octanol–water partition coefficient (Wildman–Crippen LogP) is 5.41. The van der Waals surface area contributed by atoms with Crippen LogP contribution in [0.2, 0.25) is 0 Å². The number of benzene rings is 1. The summed E-state index contributed by atoms with van der Waals surface area (Å²) in [5, 5.41) is 1.67. The molecule has 2 nitrogen and oxygen atoms in total. The van der Waals surface area contributed by atoms with Gasteiger partial charge in [0, 0.05) is 16.6 Å². The number of sulfone groups is 1. The molecule has 1 aliphatic carbocycles. The van der Waals surface area contributed by atoms with Crippen molar-refractivity contribution in [3.05, 3.63) is 68.9 Å². The zero-order valence-electron chi connectivity index (χ0n) is 13.2. The summed E-state index contributed by atoms with van der Waals surface area (Å²) in [5.41, 5.74) is 4.35. The smallest absolute Gasteiger partial charge is 0.225 e. The van der Waals surface area contributed by atoms with Crippen molar-refractivity contribution in [3.8, 4) is 11.1 Å². The highest BCUT2D eigenvalue weighted by atomic mass is 79.9. The number of thiophene rings is 1. The molecule has 0 spiro atoms. The van der Waals surface area contributed by atoms with E-state index in [9.17, 15) is 12.8 Å². The van der Waals surface area contributed by atoms with Crippen LogP contribution in [0.1, 0.15) is 17.0 Å². The predicted molar refractivity (Wildman–Crippen MR) is 102 cm³/mol. The fraction of sp³-hybridized carbons (Fsp3) is 0.222. The highest BCUT2D eigenvalue weighted by Gasteiger charge is 2.37. The number of rotatable bonds is 3. The first-order chi connectivity index (χ1) is 11.2. The molecule has 0 N–H and O–H groups in total. The Morgan fingerprint density at radius 2 is 1.88 bits per heavy atom. The summed E-state index contributed by atoms with van der Waals surface area (Å²) >= 11 is 5.12. The van der Waals surface area contributed by atoms with Crippen molar-refractivity contribution in [2.24, 2.45) is 0 Å². The normalized spacial score (nSPS) is 23.6. The minimum atomic E-state index is -3.83. The third-order valence-electron chi connectivity index (χ3n) is 4.16. The van der Waals surface area contributed by atoms with Gasteiger partial charge in [-0.15, -0.1) is 0 Å². The van der Waals surface area contributed by atoms with E-state index in [4.69, 9.17) is 0 Å². The Morgan fingerprint density at radius 1 is 1.21 bits per heavy atom. The fourth-order valence-electron chi connectivity index (χ4n) is 2.60. The average Bonchev–Trinajstić information content (AvgIpc) is 2.99. The number of hydrogen-bond acceptors (Lipinski definition) is 3. The van der Waals surface area contributed by atoms with Crippen molar-refractivity contribution in [1.82, 2.24) is 0 Å². The SMILES string of the molecule is Cc1ccc(-c2cscc2C2C=CC(F)(S(C)(=O)=O)C=C2)cc1Br. The van der Waals surface area contributed by atoms with E-state index in [1.54, 1.807) is 23.5 Å². The van der Waals surface area contributed by atoms with Gasteiger partial charge in [0.2, 0.25) is 5.00 Å². The molecule has 2 aromatic rings. The van der Waals surface area contributed by atoms with Gasteiger partial charge in [-0.3, -0.25) is 0 Å². The zero-order chi connectivity index (χ0) is 17.5. The third kappa shape index (κ3) is 3.15. The largest absolute Gasteiger partial charge is 0.246 e. The van der Waals surface area contributed by atoms with E-state index in [1.165, 1.54) is 0 Å². The molecular formula is C18H16BrFO2S2. The van der Waals surface area contributed by atoms with Crippen molar-refractivity contribution in [1.29, 1.82) is 0 Å². The Morgan fingerprint density at radius 3 is 2.46 bits per heavy atom. The number of hydrogen-bond donors (Lipinski definition) is 0. The Bertz CT molecular complexity index is 928. The molecule has 3 rings (SSSR count). The second kappa shape index (κ2) is 6.24. The maximum atomic E-state index is 14.5. The van der Waals surface area contributed by atoms with Gasteiger partial charge in [-0.05, 0) is 58.2 Å². The highest BCUT2D eigenvalue weighted by Crippen LogP contribution is 2.39. The lowest BCUT2D eigenvalue weighted by atomic mass is 9.91. The Kier molecular flexibility index (Phi) is 4.57. The van der Waals surface area contributed by atoms with Crippen LogP contribution in [-0.4, -0.2) is 19.7 Å². The molecule has 0 fully saturated rings. The maximum Gasteiger partial charge on any atom is 0.246 e. The molecule has 0 saturated heterocycles. The zero-order valence-corrected chi connectivity index (χ0v) is 16.4. The van der Waals surface area contributed by atoms with Crippen molar-refractivity contribution in [2.45, 2.75) is 17.8 Å². The van der Waals surface area contributed by atoms with Gasteiger partial charge in [-0.1, -0.05) is 40.2 Å². The Balaban J connectivity index is 1.97. The quantitative estimate of drug-likeness (QED) is 0.615. The van der Waals surface area contributed by atoms with Gasteiger partial charge in [-0.25, -0.2) is 12.8 Å². The topological polar surface area (TPSA) is 34.1 Å². The first kappa shape index (κ1) is 17.6. The van der Waals surface area contributed by atoms with Crippen molar-refractivity contribution < 1.29 is 12.8 Å². The van der Waals surface area contributed by atoms with Crippen LogP contribution in [0.3, 0.4) is 0 Å². The van der Waals surface area contributed by atoms with Crippen LogP contribution in [0.25, 0.3) is 11.1 Å². The second-order valence-electron chi connectivity index (χ2n) is 5.92. The standard InChI is InChI=1S/C18H16BrFO2S2/c1-12-3-4-14(9-17(12)19)16-11-23-10-15(16)13-5-7-18(20,8-6-13)24(2,21)22/h3-11,13H,1-2H3. The Labute approximate surface area is 153 Å². The molecule has 24 heavy (non-hydrogen) atoms. The number of alkyl halides is 1. The fourth-order valence-corrected chi connectivity index (χ4v) is 4.54. The minimum Gasteiger partial charge on any atom is -0.225 e. The molecule has 0 unspecified atom stereocenters. The molecule has 0 atom stereocenters. The molecule has 1 aromatic heterocycles. The summed E-state index contributed by atoms with van der Waals surface area (Å²) in [6.45, 7) is 2.03. The van der Waals surface area contributed by atoms with E-state index < -0.39 is 14.8 Å².